The minimum Gasteiger partial charge on any atom is -0.478 e. The quantitative estimate of drug-likeness (QED) is 0.314. The number of hydrogen-bond donors (Lipinski definition) is 3. The van der Waals surface area contributed by atoms with E-state index in [4.69, 9.17) is 0 Å². The first-order chi connectivity index (χ1) is 18.0. The summed E-state index contributed by atoms with van der Waals surface area (Å²) in [4.78, 5) is 27.5. The summed E-state index contributed by atoms with van der Waals surface area (Å²) in [5.74, 6) is -1.29. The van der Waals surface area contributed by atoms with Gasteiger partial charge in [0, 0.05) is 47.6 Å². The van der Waals surface area contributed by atoms with E-state index in [0.29, 0.717) is 22.5 Å². The van der Waals surface area contributed by atoms with Crippen LogP contribution in [0.1, 0.15) is 39.9 Å². The Balaban J connectivity index is 1.48. The Morgan fingerprint density at radius 1 is 1.00 bits per heavy atom. The van der Waals surface area contributed by atoms with Gasteiger partial charge in [-0.15, -0.1) is 0 Å². The molecule has 0 bridgehead atoms. The molecule has 7 heteroatoms. The third-order valence-electron chi connectivity index (χ3n) is 7.24. The number of aromatic carboxylic acids is 1. The number of hydrogen-bond acceptors (Lipinski definition) is 4. The Bertz CT molecular complexity index is 1580. The van der Waals surface area contributed by atoms with Gasteiger partial charge in [-0.1, -0.05) is 18.2 Å². The van der Waals surface area contributed by atoms with Crippen molar-refractivity contribution in [2.45, 2.75) is 19.4 Å². The number of aromatic nitrogens is 1. The second-order valence-corrected chi connectivity index (χ2v) is 9.78. The molecule has 1 amide bonds. The van der Waals surface area contributed by atoms with Gasteiger partial charge in [-0.25, -0.2) is 4.79 Å². The van der Waals surface area contributed by atoms with E-state index in [2.05, 4.69) is 38.3 Å². The lowest BCUT2D eigenvalue weighted by molar-refractivity contribution is -0.110. The number of amides is 1. The van der Waals surface area contributed by atoms with Gasteiger partial charge in [-0.2, -0.15) is 0 Å². The van der Waals surface area contributed by atoms with Crippen LogP contribution in [0.4, 0.5) is 11.4 Å². The van der Waals surface area contributed by atoms with Crippen LogP contribution < -0.4 is 10.6 Å². The summed E-state index contributed by atoms with van der Waals surface area (Å²) in [5.41, 5.74) is 6.41. The molecular weight excluding hydrogens is 464 g/mol. The van der Waals surface area contributed by atoms with Crippen LogP contribution in [-0.2, 0) is 18.4 Å². The summed E-state index contributed by atoms with van der Waals surface area (Å²) >= 11 is 0. The van der Waals surface area contributed by atoms with Gasteiger partial charge in [0.05, 0.1) is 16.8 Å². The van der Waals surface area contributed by atoms with Crippen LogP contribution in [0, 0.1) is 0 Å². The number of carbonyl (C=O) groups is 2. The third-order valence-corrected chi connectivity index (χ3v) is 7.24. The molecule has 0 atom stereocenters. The second kappa shape index (κ2) is 9.26. The highest BCUT2D eigenvalue weighted by Gasteiger charge is 2.29. The van der Waals surface area contributed by atoms with Gasteiger partial charge in [-0.3, -0.25) is 9.69 Å². The van der Waals surface area contributed by atoms with Crippen LogP contribution >= 0.6 is 0 Å². The normalized spacial score (nSPS) is 16.6. The maximum Gasteiger partial charge on any atom is 0.335 e. The number of anilines is 2. The van der Waals surface area contributed by atoms with E-state index in [0.717, 1.165) is 41.8 Å². The van der Waals surface area contributed by atoms with E-state index >= 15 is 0 Å². The lowest BCUT2D eigenvalue weighted by Crippen LogP contribution is -2.18. The van der Waals surface area contributed by atoms with E-state index in [1.807, 2.05) is 43.6 Å². The van der Waals surface area contributed by atoms with E-state index in [1.165, 1.54) is 24.5 Å². The summed E-state index contributed by atoms with van der Waals surface area (Å²) in [6.45, 7) is 3.13. The molecule has 0 radical (unpaired) electrons. The fourth-order valence-electron chi connectivity index (χ4n) is 5.36. The van der Waals surface area contributed by atoms with E-state index in [-0.39, 0.29) is 11.5 Å². The maximum absolute atomic E-state index is 13.3. The molecule has 0 saturated carbocycles. The summed E-state index contributed by atoms with van der Waals surface area (Å²) < 4.78 is 2.05. The molecule has 186 valence electrons. The molecule has 3 heterocycles. The summed E-state index contributed by atoms with van der Waals surface area (Å²) in [6.07, 6.45) is 4.49. The van der Waals surface area contributed by atoms with Crippen molar-refractivity contribution >= 4 is 45.4 Å². The lowest BCUT2D eigenvalue weighted by atomic mass is 9.97. The monoisotopic (exact) mass is 492 g/mol. The fraction of sp³-hybridized carbons (Fsp3) is 0.200. The van der Waals surface area contributed by atoms with E-state index in [1.54, 1.807) is 12.1 Å². The summed E-state index contributed by atoms with van der Waals surface area (Å²) in [6, 6.07) is 21.2. The van der Waals surface area contributed by atoms with Crippen molar-refractivity contribution < 1.29 is 14.7 Å². The first-order valence-electron chi connectivity index (χ1n) is 12.5. The molecule has 7 nitrogen and oxygen atoms in total. The zero-order valence-electron chi connectivity index (χ0n) is 20.6. The van der Waals surface area contributed by atoms with Gasteiger partial charge in [0.2, 0.25) is 0 Å². The van der Waals surface area contributed by atoms with Crippen molar-refractivity contribution in [3.63, 3.8) is 0 Å². The van der Waals surface area contributed by atoms with Crippen molar-refractivity contribution in [1.82, 2.24) is 9.47 Å². The Kier molecular flexibility index (Phi) is 5.77. The van der Waals surface area contributed by atoms with Crippen LogP contribution in [0.2, 0.25) is 0 Å². The Hall–Kier alpha value is -4.36. The molecule has 1 saturated heterocycles. The van der Waals surface area contributed by atoms with Crippen LogP contribution in [0.3, 0.4) is 0 Å². The number of carboxylic acid groups (broad SMARTS) is 1. The van der Waals surface area contributed by atoms with Crippen molar-refractivity contribution in [1.29, 1.82) is 0 Å². The van der Waals surface area contributed by atoms with Crippen molar-refractivity contribution in [3.8, 4) is 0 Å². The minimum atomic E-state index is -1.03. The highest BCUT2D eigenvalue weighted by molar-refractivity contribution is 6.37. The number of likely N-dealkylation sites (tertiary alicyclic amines) is 1. The smallest absolute Gasteiger partial charge is 0.335 e. The average Bonchev–Trinajstić information content (AvgIpc) is 3.61. The van der Waals surface area contributed by atoms with Gasteiger partial charge in [0.15, 0.2) is 0 Å². The summed E-state index contributed by atoms with van der Waals surface area (Å²) in [7, 11) is 2.00. The van der Waals surface area contributed by atoms with E-state index < -0.39 is 5.97 Å². The fourth-order valence-corrected chi connectivity index (χ4v) is 5.36. The molecule has 3 aromatic carbocycles. The number of benzene rings is 3. The molecule has 0 aliphatic carbocycles. The van der Waals surface area contributed by atoms with Gasteiger partial charge in [0.1, 0.15) is 0 Å². The lowest BCUT2D eigenvalue weighted by Gasteiger charge is -2.18. The largest absolute Gasteiger partial charge is 0.478 e. The average molecular weight is 493 g/mol. The first kappa shape index (κ1) is 23.1. The number of aryl methyl sites for hydroxylation is 1. The molecule has 2 aliphatic rings. The molecule has 6 rings (SSSR count). The van der Waals surface area contributed by atoms with Crippen LogP contribution in [-0.4, -0.2) is 39.5 Å². The number of carboxylic acids is 1. The number of fused-ring (bicyclic) bond motifs is 2. The molecule has 1 fully saturated rings. The zero-order valence-corrected chi connectivity index (χ0v) is 20.6. The Morgan fingerprint density at radius 3 is 2.62 bits per heavy atom. The predicted octanol–water partition coefficient (Wildman–Crippen LogP) is 5.40. The van der Waals surface area contributed by atoms with Crippen molar-refractivity contribution in [2.24, 2.45) is 7.05 Å². The third kappa shape index (κ3) is 4.38. The van der Waals surface area contributed by atoms with Crippen LogP contribution in [0.25, 0.3) is 22.2 Å². The molecule has 4 aromatic rings. The van der Waals surface area contributed by atoms with Gasteiger partial charge in [0.25, 0.3) is 5.91 Å². The molecule has 0 unspecified atom stereocenters. The highest BCUT2D eigenvalue weighted by Crippen LogP contribution is 2.39. The molecular formula is C30H28N4O3. The van der Waals surface area contributed by atoms with Gasteiger partial charge >= 0.3 is 5.97 Å². The highest BCUT2D eigenvalue weighted by atomic mass is 16.4. The number of carbonyl (C=O) groups excluding carboxylic acids is 1. The van der Waals surface area contributed by atoms with Gasteiger partial charge < -0.3 is 20.3 Å². The molecule has 1 aromatic heterocycles. The standard InChI is InChI=1S/C30H28N4O3/c1-33-14-11-20-16-21(8-10-26(20)33)28(27-24-17-22(30(36)37)7-9-25(24)32-29(27)35)31-23-6-4-5-19(15-23)18-34-12-2-3-13-34/h4-11,14-17,31H,2-3,12-13,18H2,1H3,(H,32,35)(H,36,37). The molecule has 0 spiro atoms. The van der Waals surface area contributed by atoms with E-state index in [9.17, 15) is 14.7 Å². The van der Waals surface area contributed by atoms with Crippen LogP contribution in [0.15, 0.2) is 72.9 Å². The zero-order chi connectivity index (χ0) is 25.5. The Morgan fingerprint density at radius 2 is 1.81 bits per heavy atom. The SMILES string of the molecule is Cn1ccc2cc(C(Nc3cccc(CN4CCCC4)c3)=C3C(=O)Nc4ccc(C(=O)O)cc43)ccc21. The number of rotatable bonds is 6. The maximum atomic E-state index is 13.3. The second-order valence-electron chi connectivity index (χ2n) is 9.78. The number of nitrogens with one attached hydrogen (secondary N) is 2. The minimum absolute atomic E-state index is 0.137. The molecule has 2 aliphatic heterocycles. The van der Waals surface area contributed by atoms with Gasteiger partial charge in [-0.05, 0) is 85.6 Å². The number of nitrogens with zero attached hydrogens (tertiary/aromatic N) is 2. The molecule has 37 heavy (non-hydrogen) atoms. The Labute approximate surface area is 215 Å². The predicted molar refractivity (Wildman–Crippen MR) is 146 cm³/mol. The van der Waals surface area contributed by atoms with Crippen molar-refractivity contribution in [3.05, 3.63) is 95.2 Å². The van der Waals surface area contributed by atoms with Crippen molar-refractivity contribution in [2.75, 3.05) is 23.7 Å². The topological polar surface area (TPSA) is 86.6 Å². The summed E-state index contributed by atoms with van der Waals surface area (Å²) in [5, 5.41) is 17.1. The molecule has 3 N–H and O–H groups in total. The first-order valence-corrected chi connectivity index (χ1v) is 12.5. The van der Waals surface area contributed by atoms with Crippen LogP contribution in [0.5, 0.6) is 0 Å².